The lowest BCUT2D eigenvalue weighted by Crippen LogP contribution is -2.61. The Labute approximate surface area is 477 Å². The molecule has 1 aliphatic rings. The fourth-order valence-electron chi connectivity index (χ4n) is 8.13. The summed E-state index contributed by atoms with van der Waals surface area (Å²) in [7, 11) is 0. The molecule has 1 heterocycles. The molecular weight excluding hydrogens is 997 g/mol. The highest BCUT2D eigenvalue weighted by molar-refractivity contribution is 5.74. The quantitative estimate of drug-likeness (QED) is 0.0228. The first-order chi connectivity index (χ1) is 38.6. The Morgan fingerprint density at radius 2 is 0.810 bits per heavy atom. The Morgan fingerprint density at radius 3 is 1.28 bits per heavy atom. The van der Waals surface area contributed by atoms with Crippen LogP contribution in [0, 0.1) is 0 Å². The molecule has 0 aromatic heterocycles. The normalized spacial score (nSPS) is 18.8. The molecule has 6 unspecified atom stereocenters. The first-order valence-electron chi connectivity index (χ1n) is 30.2. The summed E-state index contributed by atoms with van der Waals surface area (Å²) < 4.78 is 28.3. The molecular formula is C67H104O12. The van der Waals surface area contributed by atoms with Crippen molar-refractivity contribution >= 4 is 23.9 Å². The average molecular weight is 1100 g/mol. The number of aliphatic hydroxyl groups is 2. The third kappa shape index (κ3) is 43.4. The lowest BCUT2D eigenvalue weighted by molar-refractivity contribution is -0.301. The van der Waals surface area contributed by atoms with E-state index in [1.54, 1.807) is 0 Å². The molecule has 0 aromatic rings. The minimum atomic E-state index is -1.93. The van der Waals surface area contributed by atoms with E-state index in [-0.39, 0.29) is 25.9 Å². The second-order valence-electron chi connectivity index (χ2n) is 19.9. The first-order valence-corrected chi connectivity index (χ1v) is 30.2. The van der Waals surface area contributed by atoms with Gasteiger partial charge < -0.3 is 39.0 Å². The highest BCUT2D eigenvalue weighted by atomic mass is 16.7. The van der Waals surface area contributed by atoms with E-state index >= 15 is 0 Å². The molecule has 12 heteroatoms. The maximum atomic E-state index is 13.1. The van der Waals surface area contributed by atoms with Gasteiger partial charge in [0.1, 0.15) is 18.8 Å². The van der Waals surface area contributed by atoms with E-state index < -0.39 is 67.3 Å². The largest absolute Gasteiger partial charge is 0.479 e. The zero-order chi connectivity index (χ0) is 57.5. The van der Waals surface area contributed by atoms with Crippen molar-refractivity contribution in [2.24, 2.45) is 0 Å². The van der Waals surface area contributed by atoms with Crippen LogP contribution in [0.4, 0.5) is 0 Å². The summed E-state index contributed by atoms with van der Waals surface area (Å²) in [5.74, 6) is -3.27. The summed E-state index contributed by atoms with van der Waals surface area (Å²) >= 11 is 0. The molecule has 79 heavy (non-hydrogen) atoms. The van der Waals surface area contributed by atoms with E-state index in [9.17, 15) is 34.5 Å². The predicted molar refractivity (Wildman–Crippen MR) is 321 cm³/mol. The van der Waals surface area contributed by atoms with Gasteiger partial charge in [0.25, 0.3) is 0 Å². The van der Waals surface area contributed by atoms with Crippen molar-refractivity contribution in [1.29, 1.82) is 0 Å². The van der Waals surface area contributed by atoms with Crippen LogP contribution in [-0.4, -0.2) is 89.2 Å². The van der Waals surface area contributed by atoms with Gasteiger partial charge in [-0.3, -0.25) is 14.4 Å². The van der Waals surface area contributed by atoms with E-state index in [0.717, 1.165) is 122 Å². The number of carbonyl (C=O) groups is 4. The number of esters is 3. The number of aliphatic hydroxyl groups excluding tert-OH is 2. The Hall–Kier alpha value is -5.14. The Morgan fingerprint density at radius 1 is 0.430 bits per heavy atom. The van der Waals surface area contributed by atoms with Crippen LogP contribution >= 0.6 is 0 Å². The number of carbonyl (C=O) groups excluding carboxylic acids is 3. The predicted octanol–water partition coefficient (Wildman–Crippen LogP) is 15.8. The summed E-state index contributed by atoms with van der Waals surface area (Å²) in [5.41, 5.74) is 0. The van der Waals surface area contributed by atoms with Crippen molar-refractivity contribution in [3.63, 3.8) is 0 Å². The van der Waals surface area contributed by atoms with Crippen molar-refractivity contribution in [2.45, 2.75) is 250 Å². The molecule has 0 spiro atoms. The number of hydrogen-bond acceptors (Lipinski definition) is 11. The van der Waals surface area contributed by atoms with Gasteiger partial charge in [0, 0.05) is 19.3 Å². The number of aliphatic carboxylic acids is 1. The highest BCUT2D eigenvalue weighted by Gasteiger charge is 2.50. The van der Waals surface area contributed by atoms with Gasteiger partial charge >= 0.3 is 23.9 Å². The minimum Gasteiger partial charge on any atom is -0.479 e. The first kappa shape index (κ1) is 71.9. The summed E-state index contributed by atoms with van der Waals surface area (Å²) in [5, 5.41) is 31.5. The van der Waals surface area contributed by atoms with Crippen LogP contribution in [0.5, 0.6) is 0 Å². The van der Waals surface area contributed by atoms with Crippen LogP contribution in [0.1, 0.15) is 213 Å². The van der Waals surface area contributed by atoms with Crippen molar-refractivity contribution in [1.82, 2.24) is 0 Å². The van der Waals surface area contributed by atoms with Crippen LogP contribution in [0.3, 0.4) is 0 Å². The Balaban J connectivity index is 2.75. The minimum absolute atomic E-state index is 0.00751. The van der Waals surface area contributed by atoms with Gasteiger partial charge in [-0.1, -0.05) is 199 Å². The van der Waals surface area contributed by atoms with E-state index in [0.29, 0.717) is 25.7 Å². The number of hydrogen-bond donors (Lipinski definition) is 3. The van der Waals surface area contributed by atoms with E-state index in [1.165, 1.54) is 25.7 Å². The highest BCUT2D eigenvalue weighted by Crippen LogP contribution is 2.26. The number of unbranched alkanes of at least 4 members (excludes halogenated alkanes) is 13. The number of ether oxygens (including phenoxy) is 5. The third-order valence-electron chi connectivity index (χ3n) is 12.7. The summed E-state index contributed by atoms with van der Waals surface area (Å²) in [4.78, 5) is 51.2. The lowest BCUT2D eigenvalue weighted by atomic mass is 9.98. The van der Waals surface area contributed by atoms with Crippen LogP contribution in [0.2, 0.25) is 0 Å². The third-order valence-corrected chi connectivity index (χ3v) is 12.7. The molecule has 0 aromatic carbocycles. The van der Waals surface area contributed by atoms with Crippen molar-refractivity contribution in [2.75, 3.05) is 13.2 Å². The molecule has 0 aliphatic carbocycles. The molecule has 12 nitrogen and oxygen atoms in total. The second kappa shape index (κ2) is 53.5. The maximum Gasteiger partial charge on any atom is 0.335 e. The molecule has 1 rings (SSSR count). The van der Waals surface area contributed by atoms with Crippen LogP contribution in [0.15, 0.2) is 134 Å². The number of carboxylic acid groups (broad SMARTS) is 1. The zero-order valence-electron chi connectivity index (χ0n) is 48.8. The fourth-order valence-corrected chi connectivity index (χ4v) is 8.13. The van der Waals surface area contributed by atoms with E-state index in [2.05, 4.69) is 148 Å². The van der Waals surface area contributed by atoms with Crippen molar-refractivity contribution in [3.8, 4) is 0 Å². The Bertz CT molecular complexity index is 1880. The standard InChI is InChI=1S/C67H104O12/c1-4-7-10-13-16-19-22-25-27-29-30-32-34-37-40-43-46-49-52-55-61(70)78-65-63(72)62(71)64(66(73)74)79-67(65)76-57-58(77-60(69)54-51-48-45-42-39-35-24-21-18-15-12-9-6-3)56-75-59(68)53-50-47-44-41-38-36-33-31-28-26-23-20-17-14-11-8-5-2/h7-8,10-11,16-17,19-21,24-28,30,32-33,36-37,40-41,44,58,62-65,67,71-72H,4-6,9,12-15,18,22-23,29,31,34-35,38-39,42-43,45-57H2,1-3H3,(H,73,74)/b10-7-,11-8-,19-16-,20-17-,24-21-,27-25-,28-26-,32-30-,36-33-,40-37-,44-41-. The summed E-state index contributed by atoms with van der Waals surface area (Å²) in [6.45, 7) is 5.67. The molecule has 6 atom stereocenters. The maximum absolute atomic E-state index is 13.1. The van der Waals surface area contributed by atoms with Crippen molar-refractivity contribution < 1.29 is 58.2 Å². The smallest absolute Gasteiger partial charge is 0.335 e. The molecule has 0 saturated carbocycles. The van der Waals surface area contributed by atoms with Crippen molar-refractivity contribution in [3.05, 3.63) is 134 Å². The van der Waals surface area contributed by atoms with Gasteiger partial charge in [0.15, 0.2) is 24.6 Å². The molecule has 1 fully saturated rings. The van der Waals surface area contributed by atoms with Crippen LogP contribution in [-0.2, 0) is 42.9 Å². The Kier molecular flexibility index (Phi) is 48.7. The summed E-state index contributed by atoms with van der Waals surface area (Å²) in [6, 6.07) is 0. The molecule has 1 saturated heterocycles. The topological polar surface area (TPSA) is 175 Å². The van der Waals surface area contributed by atoms with Gasteiger partial charge in [-0.25, -0.2) is 4.79 Å². The second-order valence-corrected chi connectivity index (χ2v) is 19.9. The molecule has 0 radical (unpaired) electrons. The van der Waals surface area contributed by atoms with Crippen LogP contribution in [0.25, 0.3) is 0 Å². The molecule has 444 valence electrons. The van der Waals surface area contributed by atoms with Gasteiger partial charge in [-0.05, 0) is 128 Å². The van der Waals surface area contributed by atoms with Gasteiger partial charge in [0.05, 0.1) is 6.61 Å². The fraction of sp³-hybridized carbons (Fsp3) is 0.612. The lowest BCUT2D eigenvalue weighted by Gasteiger charge is -2.40. The SMILES string of the molecule is CC/C=C\C/C=C\C/C=C\C/C=C\C/C=C\CCCCCC(=O)OC1C(OCC(COC(=O)CCC/C=C\C/C=C\C/C=C\C/C=C\C/C=C\CC)OC(=O)CCCCCCC/C=C\CCCCCC)OC(C(=O)O)C(O)C1O. The van der Waals surface area contributed by atoms with Gasteiger partial charge in [-0.15, -0.1) is 0 Å². The zero-order valence-corrected chi connectivity index (χ0v) is 48.8. The average Bonchev–Trinajstić information content (AvgIpc) is 3.46. The molecule has 1 aliphatic heterocycles. The van der Waals surface area contributed by atoms with E-state index in [4.69, 9.17) is 23.7 Å². The summed E-state index contributed by atoms with van der Waals surface area (Å²) in [6.07, 6.45) is 62.8. The monoisotopic (exact) mass is 1100 g/mol. The molecule has 0 bridgehead atoms. The number of allylic oxidation sites excluding steroid dienone is 22. The van der Waals surface area contributed by atoms with E-state index in [1.807, 2.05) is 6.08 Å². The molecule has 3 N–H and O–H groups in total. The number of carboxylic acids is 1. The van der Waals surface area contributed by atoms with Crippen LogP contribution < -0.4 is 0 Å². The van der Waals surface area contributed by atoms with Gasteiger partial charge in [0.2, 0.25) is 0 Å². The molecule has 0 amide bonds. The van der Waals surface area contributed by atoms with Gasteiger partial charge in [-0.2, -0.15) is 0 Å². The number of rotatable bonds is 49.